The van der Waals surface area contributed by atoms with Gasteiger partial charge in [0, 0.05) is 13.1 Å². The van der Waals surface area contributed by atoms with E-state index in [-0.39, 0.29) is 23.0 Å². The molecule has 0 aliphatic rings. The summed E-state index contributed by atoms with van der Waals surface area (Å²) in [7, 11) is -2.71. The van der Waals surface area contributed by atoms with Gasteiger partial charge in [0.25, 0.3) is 10.0 Å². The van der Waals surface area contributed by atoms with Gasteiger partial charge in [-0.05, 0) is 49.6 Å². The third kappa shape index (κ3) is 7.38. The molecular weight excluding hydrogens is 514 g/mol. The molecule has 3 aromatic rings. The Morgan fingerprint density at radius 1 is 0.949 bits per heavy atom. The summed E-state index contributed by atoms with van der Waals surface area (Å²) >= 11 is 0. The second-order valence-corrected chi connectivity index (χ2v) is 11.1. The van der Waals surface area contributed by atoms with Gasteiger partial charge in [0.1, 0.15) is 18.3 Å². The van der Waals surface area contributed by atoms with Crippen LogP contribution in [0.25, 0.3) is 0 Å². The van der Waals surface area contributed by atoms with Crippen molar-refractivity contribution in [2.45, 2.75) is 51.1 Å². The van der Waals surface area contributed by atoms with E-state index in [1.807, 2.05) is 45.0 Å². The van der Waals surface area contributed by atoms with Gasteiger partial charge < -0.3 is 15.0 Å². The van der Waals surface area contributed by atoms with Crippen LogP contribution in [-0.4, -0.2) is 51.4 Å². The molecule has 1 atom stereocenters. The first kappa shape index (κ1) is 29.7. The van der Waals surface area contributed by atoms with E-state index in [4.69, 9.17) is 4.74 Å². The number of para-hydroxylation sites is 2. The molecule has 8 nitrogen and oxygen atoms in total. The lowest BCUT2D eigenvalue weighted by molar-refractivity contribution is -0.140. The zero-order valence-corrected chi connectivity index (χ0v) is 23.8. The highest BCUT2D eigenvalue weighted by molar-refractivity contribution is 7.92. The van der Waals surface area contributed by atoms with Crippen LogP contribution in [0.3, 0.4) is 0 Å². The minimum absolute atomic E-state index is 0.0432. The van der Waals surface area contributed by atoms with E-state index in [0.717, 1.165) is 21.9 Å². The number of sulfonamides is 1. The Balaban J connectivity index is 2.08. The molecule has 0 saturated carbocycles. The number of benzene rings is 3. The minimum Gasteiger partial charge on any atom is -0.495 e. The van der Waals surface area contributed by atoms with Crippen LogP contribution in [0.2, 0.25) is 0 Å². The highest BCUT2D eigenvalue weighted by atomic mass is 32.2. The second-order valence-electron chi connectivity index (χ2n) is 9.22. The van der Waals surface area contributed by atoms with Crippen LogP contribution in [0, 0.1) is 6.92 Å². The topological polar surface area (TPSA) is 96.0 Å². The number of anilines is 1. The normalized spacial score (nSPS) is 11.9. The van der Waals surface area contributed by atoms with Gasteiger partial charge in [-0.3, -0.25) is 13.9 Å². The zero-order valence-electron chi connectivity index (χ0n) is 23.0. The summed E-state index contributed by atoms with van der Waals surface area (Å²) in [5.41, 5.74) is 2.10. The molecule has 208 valence electrons. The van der Waals surface area contributed by atoms with E-state index < -0.39 is 28.5 Å². The van der Waals surface area contributed by atoms with E-state index in [9.17, 15) is 18.0 Å². The average Bonchev–Trinajstić information content (AvgIpc) is 2.95. The molecule has 9 heteroatoms. The number of ether oxygens (including phenoxy) is 1. The van der Waals surface area contributed by atoms with Gasteiger partial charge >= 0.3 is 0 Å². The lowest BCUT2D eigenvalue weighted by Gasteiger charge is -2.33. The number of hydrogen-bond acceptors (Lipinski definition) is 5. The molecule has 2 amide bonds. The Morgan fingerprint density at radius 2 is 1.64 bits per heavy atom. The van der Waals surface area contributed by atoms with Crippen LogP contribution in [0.4, 0.5) is 5.69 Å². The number of methoxy groups -OCH3 is 1. The van der Waals surface area contributed by atoms with Crippen molar-refractivity contribution in [2.75, 3.05) is 24.5 Å². The molecule has 1 N–H and O–H groups in total. The molecule has 0 heterocycles. The van der Waals surface area contributed by atoms with Crippen molar-refractivity contribution in [3.63, 3.8) is 0 Å². The summed E-state index contributed by atoms with van der Waals surface area (Å²) < 4.78 is 34.3. The SMILES string of the molecule is CCCNC(=O)[C@@H](CC)N(Cc1cccc(C)c1)C(=O)CN(c1ccccc1OC)S(=O)(=O)c1ccccc1. The van der Waals surface area contributed by atoms with E-state index in [0.29, 0.717) is 18.7 Å². The lowest BCUT2D eigenvalue weighted by Crippen LogP contribution is -2.52. The van der Waals surface area contributed by atoms with Crippen molar-refractivity contribution < 1.29 is 22.7 Å². The first-order valence-corrected chi connectivity index (χ1v) is 14.5. The number of carbonyl (C=O) groups excluding carboxylic acids is 2. The highest BCUT2D eigenvalue weighted by Gasteiger charge is 2.34. The summed E-state index contributed by atoms with van der Waals surface area (Å²) in [5, 5.41) is 2.89. The number of amides is 2. The maximum Gasteiger partial charge on any atom is 0.264 e. The largest absolute Gasteiger partial charge is 0.495 e. The molecule has 39 heavy (non-hydrogen) atoms. The number of carbonyl (C=O) groups is 2. The van der Waals surface area contributed by atoms with Crippen molar-refractivity contribution in [3.05, 3.63) is 90.0 Å². The Hall–Kier alpha value is -3.85. The standard InChI is InChI=1S/C30H37N3O5S/c1-5-19-31-30(35)26(6-2)32(21-24-14-12-13-23(3)20-24)29(34)22-33(27-17-10-11-18-28(27)38-4)39(36,37)25-15-8-7-9-16-25/h7-18,20,26H,5-6,19,21-22H2,1-4H3,(H,31,35)/t26-/m1/s1. The third-order valence-corrected chi connectivity index (χ3v) is 8.11. The lowest BCUT2D eigenvalue weighted by atomic mass is 10.1. The molecule has 0 spiro atoms. The third-order valence-electron chi connectivity index (χ3n) is 6.33. The van der Waals surface area contributed by atoms with E-state index in [1.54, 1.807) is 42.5 Å². The number of aryl methyl sites for hydroxylation is 1. The highest BCUT2D eigenvalue weighted by Crippen LogP contribution is 2.32. The van der Waals surface area contributed by atoms with Crippen LogP contribution < -0.4 is 14.4 Å². The molecule has 0 saturated heterocycles. The van der Waals surface area contributed by atoms with Crippen molar-refractivity contribution in [2.24, 2.45) is 0 Å². The molecule has 0 unspecified atom stereocenters. The molecule has 0 radical (unpaired) electrons. The van der Waals surface area contributed by atoms with Crippen molar-refractivity contribution in [1.82, 2.24) is 10.2 Å². The first-order chi connectivity index (χ1) is 18.7. The van der Waals surface area contributed by atoms with Crippen LogP contribution >= 0.6 is 0 Å². The van der Waals surface area contributed by atoms with Gasteiger partial charge in [0.2, 0.25) is 11.8 Å². The second kappa shape index (κ2) is 13.8. The van der Waals surface area contributed by atoms with Crippen LogP contribution in [0.15, 0.2) is 83.8 Å². The molecule has 3 aromatic carbocycles. The summed E-state index contributed by atoms with van der Waals surface area (Å²) in [6, 6.07) is 21.5. The Labute approximate surface area is 231 Å². The monoisotopic (exact) mass is 551 g/mol. The molecule has 0 aromatic heterocycles. The Bertz CT molecular complexity index is 1360. The molecule has 3 rings (SSSR count). The fourth-order valence-electron chi connectivity index (χ4n) is 4.36. The van der Waals surface area contributed by atoms with Gasteiger partial charge in [-0.2, -0.15) is 0 Å². The fourth-order valence-corrected chi connectivity index (χ4v) is 5.81. The number of rotatable bonds is 13. The predicted octanol–water partition coefficient (Wildman–Crippen LogP) is 4.53. The molecule has 0 aliphatic heterocycles. The number of nitrogens with zero attached hydrogens (tertiary/aromatic N) is 2. The quantitative estimate of drug-likeness (QED) is 0.337. The molecule has 0 fully saturated rings. The maximum atomic E-state index is 14.1. The maximum absolute atomic E-state index is 14.1. The molecule has 0 aliphatic carbocycles. The summed E-state index contributed by atoms with van der Waals surface area (Å²) in [6.07, 6.45) is 1.12. The van der Waals surface area contributed by atoms with E-state index >= 15 is 0 Å². The smallest absolute Gasteiger partial charge is 0.264 e. The van der Waals surface area contributed by atoms with Crippen molar-refractivity contribution >= 4 is 27.5 Å². The fraction of sp³-hybridized carbons (Fsp3) is 0.333. The summed E-state index contributed by atoms with van der Waals surface area (Å²) in [4.78, 5) is 28.7. The summed E-state index contributed by atoms with van der Waals surface area (Å²) in [5.74, 6) is -0.460. The molecular formula is C30H37N3O5S. The minimum atomic E-state index is -4.16. The van der Waals surface area contributed by atoms with E-state index in [1.165, 1.54) is 24.1 Å². The average molecular weight is 552 g/mol. The number of hydrogen-bond donors (Lipinski definition) is 1. The zero-order chi connectivity index (χ0) is 28.4. The Kier molecular flexibility index (Phi) is 10.5. The van der Waals surface area contributed by atoms with Gasteiger partial charge in [0.15, 0.2) is 0 Å². The van der Waals surface area contributed by atoms with Gasteiger partial charge in [-0.15, -0.1) is 0 Å². The van der Waals surface area contributed by atoms with Crippen LogP contribution in [0.5, 0.6) is 5.75 Å². The van der Waals surface area contributed by atoms with E-state index in [2.05, 4.69) is 5.32 Å². The Morgan fingerprint density at radius 3 is 2.28 bits per heavy atom. The van der Waals surface area contributed by atoms with Gasteiger partial charge in [-0.1, -0.05) is 74.0 Å². The van der Waals surface area contributed by atoms with Crippen molar-refractivity contribution in [1.29, 1.82) is 0 Å². The molecule has 0 bridgehead atoms. The number of nitrogens with one attached hydrogen (secondary N) is 1. The van der Waals surface area contributed by atoms with Gasteiger partial charge in [-0.25, -0.2) is 8.42 Å². The van der Waals surface area contributed by atoms with Gasteiger partial charge in [0.05, 0.1) is 17.7 Å². The predicted molar refractivity (Wildman–Crippen MR) is 153 cm³/mol. The first-order valence-electron chi connectivity index (χ1n) is 13.1. The van der Waals surface area contributed by atoms with Crippen LogP contribution in [0.1, 0.15) is 37.8 Å². The summed E-state index contributed by atoms with van der Waals surface area (Å²) in [6.45, 7) is 5.88. The van der Waals surface area contributed by atoms with Crippen molar-refractivity contribution in [3.8, 4) is 5.75 Å². The van der Waals surface area contributed by atoms with Crippen LogP contribution in [-0.2, 0) is 26.2 Å².